The summed E-state index contributed by atoms with van der Waals surface area (Å²) in [7, 11) is -3.47. The molecule has 1 aromatic carbocycles. The Kier molecular flexibility index (Phi) is 3.91. The lowest BCUT2D eigenvalue weighted by Crippen LogP contribution is -2.43. The highest BCUT2D eigenvalue weighted by atomic mass is 35.5. The Morgan fingerprint density at radius 3 is 2.37 bits per heavy atom. The van der Waals surface area contributed by atoms with Gasteiger partial charge in [-0.1, -0.05) is 37.0 Å². The zero-order chi connectivity index (χ0) is 14.4. The Hall–Kier alpha value is -0.290. The number of sulfone groups is 1. The first-order valence-corrected chi connectivity index (χ1v) is 8.41. The van der Waals surface area contributed by atoms with Gasteiger partial charge in [0, 0.05) is 6.04 Å². The van der Waals surface area contributed by atoms with Crippen molar-refractivity contribution in [2.45, 2.75) is 42.9 Å². The summed E-state index contributed by atoms with van der Waals surface area (Å²) in [6.07, 6.45) is 1.39. The van der Waals surface area contributed by atoms with Gasteiger partial charge in [-0.3, -0.25) is 0 Å². The smallest absolute Gasteiger partial charge is 0.182 e. The predicted molar refractivity (Wildman–Crippen MR) is 78.4 cm³/mol. The number of hydrogen-bond donors (Lipinski definition) is 1. The van der Waals surface area contributed by atoms with Crippen LogP contribution in [0.25, 0.3) is 0 Å². The normalized spacial score (nSPS) is 26.6. The van der Waals surface area contributed by atoms with E-state index in [1.807, 2.05) is 13.8 Å². The molecule has 1 aliphatic carbocycles. The van der Waals surface area contributed by atoms with Crippen molar-refractivity contribution in [2.75, 3.05) is 0 Å². The number of benzene rings is 1. The second kappa shape index (κ2) is 4.92. The van der Waals surface area contributed by atoms with Crippen LogP contribution in [0.4, 0.5) is 0 Å². The van der Waals surface area contributed by atoms with E-state index in [1.54, 1.807) is 0 Å². The first kappa shape index (κ1) is 15.1. The van der Waals surface area contributed by atoms with E-state index in [-0.39, 0.29) is 21.4 Å². The second-order valence-corrected chi connectivity index (χ2v) is 8.69. The molecule has 0 aromatic heterocycles. The fraction of sp³-hybridized carbons (Fsp3) is 0.538. The van der Waals surface area contributed by atoms with Crippen LogP contribution in [0.5, 0.6) is 0 Å². The number of nitrogens with two attached hydrogens (primary N) is 1. The summed E-state index contributed by atoms with van der Waals surface area (Å²) in [4.78, 5) is 0.194. The van der Waals surface area contributed by atoms with Crippen LogP contribution in [0.3, 0.4) is 0 Å². The monoisotopic (exact) mass is 321 g/mol. The molecule has 3 nitrogen and oxygen atoms in total. The van der Waals surface area contributed by atoms with E-state index in [0.29, 0.717) is 11.4 Å². The molecule has 6 heteroatoms. The fourth-order valence-corrected chi connectivity index (χ4v) is 4.98. The topological polar surface area (TPSA) is 60.2 Å². The minimum Gasteiger partial charge on any atom is -0.326 e. The van der Waals surface area contributed by atoms with E-state index in [0.717, 1.165) is 6.42 Å². The van der Waals surface area contributed by atoms with E-state index < -0.39 is 15.1 Å². The molecule has 2 rings (SSSR count). The minimum absolute atomic E-state index is 0.159. The van der Waals surface area contributed by atoms with Crippen LogP contribution in [0.1, 0.15) is 26.7 Å². The van der Waals surface area contributed by atoms with Crippen molar-refractivity contribution in [2.24, 2.45) is 11.1 Å². The molecule has 0 radical (unpaired) electrons. The summed E-state index contributed by atoms with van der Waals surface area (Å²) in [5.74, 6) is 0. The SMILES string of the molecule is CC1(C)CCC(S(=O)(=O)c2ccc(Cl)c(Cl)c2)C1N. The molecule has 19 heavy (non-hydrogen) atoms. The maximum Gasteiger partial charge on any atom is 0.182 e. The fourth-order valence-electron chi connectivity index (χ4n) is 2.54. The van der Waals surface area contributed by atoms with Gasteiger partial charge in [0.1, 0.15) is 0 Å². The maximum absolute atomic E-state index is 12.6. The van der Waals surface area contributed by atoms with Crippen LogP contribution in [-0.4, -0.2) is 19.7 Å². The third kappa shape index (κ3) is 2.64. The predicted octanol–water partition coefficient (Wildman–Crippen LogP) is 3.28. The largest absolute Gasteiger partial charge is 0.326 e. The standard InChI is InChI=1S/C13H17Cl2NO2S/c1-13(2)6-5-11(12(13)16)19(17,18)8-3-4-9(14)10(15)7-8/h3-4,7,11-12H,5-6,16H2,1-2H3. The van der Waals surface area contributed by atoms with Gasteiger partial charge in [-0.25, -0.2) is 8.42 Å². The molecule has 0 heterocycles. The van der Waals surface area contributed by atoms with Gasteiger partial charge in [-0.05, 0) is 36.5 Å². The van der Waals surface area contributed by atoms with Crippen molar-refractivity contribution in [3.8, 4) is 0 Å². The highest BCUT2D eigenvalue weighted by Gasteiger charge is 2.46. The average Bonchev–Trinajstić information content (AvgIpc) is 2.58. The third-order valence-electron chi connectivity index (χ3n) is 3.99. The summed E-state index contributed by atoms with van der Waals surface area (Å²) in [6.45, 7) is 4.00. The Morgan fingerprint density at radius 2 is 1.89 bits per heavy atom. The van der Waals surface area contributed by atoms with Gasteiger partial charge in [-0.15, -0.1) is 0 Å². The lowest BCUT2D eigenvalue weighted by Gasteiger charge is -2.26. The second-order valence-electron chi connectivity index (χ2n) is 5.71. The van der Waals surface area contributed by atoms with Crippen LogP contribution >= 0.6 is 23.2 Å². The van der Waals surface area contributed by atoms with Crippen molar-refractivity contribution < 1.29 is 8.42 Å². The average molecular weight is 322 g/mol. The van der Waals surface area contributed by atoms with E-state index in [1.165, 1.54) is 18.2 Å². The van der Waals surface area contributed by atoms with Gasteiger partial charge in [0.15, 0.2) is 9.84 Å². The van der Waals surface area contributed by atoms with Crippen molar-refractivity contribution in [3.05, 3.63) is 28.2 Å². The van der Waals surface area contributed by atoms with Crippen LogP contribution in [0.15, 0.2) is 23.1 Å². The van der Waals surface area contributed by atoms with Crippen LogP contribution in [-0.2, 0) is 9.84 Å². The molecule has 2 atom stereocenters. The van der Waals surface area contributed by atoms with E-state index in [9.17, 15) is 8.42 Å². The molecule has 1 aliphatic rings. The van der Waals surface area contributed by atoms with E-state index in [2.05, 4.69) is 0 Å². The summed E-state index contributed by atoms with van der Waals surface area (Å²) in [5, 5.41) is 0.0324. The van der Waals surface area contributed by atoms with Gasteiger partial charge in [0.25, 0.3) is 0 Å². The molecule has 1 fully saturated rings. The Balaban J connectivity index is 2.41. The molecule has 0 amide bonds. The van der Waals surface area contributed by atoms with Crippen molar-refractivity contribution in [1.29, 1.82) is 0 Å². The molecular formula is C13H17Cl2NO2S. The van der Waals surface area contributed by atoms with Gasteiger partial charge in [-0.2, -0.15) is 0 Å². The Bertz CT molecular complexity index is 599. The van der Waals surface area contributed by atoms with Gasteiger partial charge in [0.2, 0.25) is 0 Å². The molecule has 0 bridgehead atoms. The first-order chi connectivity index (χ1) is 8.66. The van der Waals surface area contributed by atoms with Crippen LogP contribution < -0.4 is 5.73 Å². The number of halogens is 2. The molecular weight excluding hydrogens is 305 g/mol. The first-order valence-electron chi connectivity index (χ1n) is 6.11. The lowest BCUT2D eigenvalue weighted by molar-refractivity contribution is 0.332. The van der Waals surface area contributed by atoms with Crippen molar-refractivity contribution in [3.63, 3.8) is 0 Å². The van der Waals surface area contributed by atoms with Crippen LogP contribution in [0.2, 0.25) is 10.0 Å². The van der Waals surface area contributed by atoms with Gasteiger partial charge in [0.05, 0.1) is 20.2 Å². The minimum atomic E-state index is -3.47. The summed E-state index contributed by atoms with van der Waals surface area (Å²) < 4.78 is 25.2. The zero-order valence-corrected chi connectivity index (χ0v) is 13.2. The summed E-state index contributed by atoms with van der Waals surface area (Å²) in [6, 6.07) is 4.02. The highest BCUT2D eigenvalue weighted by Crippen LogP contribution is 2.41. The Morgan fingerprint density at radius 1 is 1.26 bits per heavy atom. The molecule has 1 saturated carbocycles. The highest BCUT2D eigenvalue weighted by molar-refractivity contribution is 7.92. The zero-order valence-electron chi connectivity index (χ0n) is 10.9. The van der Waals surface area contributed by atoms with Crippen molar-refractivity contribution in [1.82, 2.24) is 0 Å². The molecule has 0 aliphatic heterocycles. The third-order valence-corrected chi connectivity index (χ3v) is 6.97. The van der Waals surface area contributed by atoms with E-state index in [4.69, 9.17) is 28.9 Å². The molecule has 2 unspecified atom stereocenters. The molecule has 2 N–H and O–H groups in total. The molecule has 0 spiro atoms. The molecule has 1 aromatic rings. The van der Waals surface area contributed by atoms with Gasteiger partial charge >= 0.3 is 0 Å². The number of hydrogen-bond acceptors (Lipinski definition) is 3. The summed E-state index contributed by atoms with van der Waals surface area (Å²) in [5.41, 5.74) is 5.95. The van der Waals surface area contributed by atoms with Crippen molar-refractivity contribution >= 4 is 33.0 Å². The quantitative estimate of drug-likeness (QED) is 0.909. The molecule has 0 saturated heterocycles. The maximum atomic E-state index is 12.6. The van der Waals surface area contributed by atoms with Crippen LogP contribution in [0, 0.1) is 5.41 Å². The Labute approximate surface area is 124 Å². The van der Waals surface area contributed by atoms with E-state index >= 15 is 0 Å². The van der Waals surface area contributed by atoms with Gasteiger partial charge < -0.3 is 5.73 Å². The lowest BCUT2D eigenvalue weighted by atomic mass is 9.88. The summed E-state index contributed by atoms with van der Waals surface area (Å²) >= 11 is 11.7. The number of rotatable bonds is 2. The molecule has 106 valence electrons.